The van der Waals surface area contributed by atoms with Crippen LogP contribution in [-0.2, 0) is 17.9 Å². The molecule has 0 amide bonds. The Balaban J connectivity index is 1.49. The van der Waals surface area contributed by atoms with Gasteiger partial charge in [0, 0.05) is 12.6 Å². The zero-order chi connectivity index (χ0) is 17.6. The van der Waals surface area contributed by atoms with Crippen LogP contribution in [0.1, 0.15) is 36.7 Å². The number of hydrogen-bond donors (Lipinski definition) is 1. The fourth-order valence-electron chi connectivity index (χ4n) is 3.45. The molecule has 138 valence electrons. The standard InChI is InChI=1S/C18H28N4O3/c1-14-19-15(2)22(20-14)10-16-6-3-4-8-21(16)11-17(23)12-24-13-18-7-5-9-25-18/h5,7,9,16-17,23H,3-4,6,8,10-13H2,1-2H3/t16-,17+/m0/s1. The van der Waals surface area contributed by atoms with Gasteiger partial charge in [-0.3, -0.25) is 4.90 Å². The number of nitrogens with zero attached hydrogens (tertiary/aromatic N) is 4. The Hall–Kier alpha value is -1.70. The first kappa shape index (κ1) is 18.1. The normalized spacial score (nSPS) is 20.0. The first-order valence-electron chi connectivity index (χ1n) is 9.02. The van der Waals surface area contributed by atoms with E-state index in [-0.39, 0.29) is 0 Å². The molecule has 1 aliphatic rings. The molecular weight excluding hydrogens is 320 g/mol. The smallest absolute Gasteiger partial charge is 0.147 e. The molecule has 1 N–H and O–H groups in total. The fourth-order valence-corrected chi connectivity index (χ4v) is 3.45. The Bertz CT molecular complexity index is 641. The third-order valence-corrected chi connectivity index (χ3v) is 4.68. The molecule has 3 rings (SSSR count). The molecule has 25 heavy (non-hydrogen) atoms. The van der Waals surface area contributed by atoms with E-state index in [1.165, 1.54) is 12.8 Å². The number of aromatic nitrogens is 3. The van der Waals surface area contributed by atoms with E-state index in [0.29, 0.717) is 25.8 Å². The Kier molecular flexibility index (Phi) is 6.23. The predicted octanol–water partition coefficient (Wildman–Crippen LogP) is 1.92. The Morgan fingerprint density at radius 2 is 2.28 bits per heavy atom. The number of aryl methyl sites for hydroxylation is 2. The van der Waals surface area contributed by atoms with Crippen LogP contribution in [0.5, 0.6) is 0 Å². The monoisotopic (exact) mass is 348 g/mol. The zero-order valence-electron chi connectivity index (χ0n) is 15.1. The van der Waals surface area contributed by atoms with Crippen LogP contribution < -0.4 is 0 Å². The Morgan fingerprint density at radius 3 is 3.00 bits per heavy atom. The fraction of sp³-hybridized carbons (Fsp3) is 0.667. The Morgan fingerprint density at radius 1 is 1.40 bits per heavy atom. The minimum Gasteiger partial charge on any atom is -0.467 e. The minimum absolute atomic E-state index is 0.311. The van der Waals surface area contributed by atoms with Crippen molar-refractivity contribution in [2.24, 2.45) is 0 Å². The second-order valence-electron chi connectivity index (χ2n) is 6.78. The average molecular weight is 348 g/mol. The van der Waals surface area contributed by atoms with E-state index in [4.69, 9.17) is 9.15 Å². The summed E-state index contributed by atoms with van der Waals surface area (Å²) in [7, 11) is 0. The van der Waals surface area contributed by atoms with Crippen molar-refractivity contribution in [3.05, 3.63) is 35.8 Å². The second-order valence-corrected chi connectivity index (χ2v) is 6.78. The third kappa shape index (κ3) is 5.14. The van der Waals surface area contributed by atoms with E-state index in [2.05, 4.69) is 15.0 Å². The largest absolute Gasteiger partial charge is 0.467 e. The van der Waals surface area contributed by atoms with E-state index in [9.17, 15) is 5.11 Å². The predicted molar refractivity (Wildman–Crippen MR) is 93.1 cm³/mol. The number of likely N-dealkylation sites (tertiary alicyclic amines) is 1. The minimum atomic E-state index is -0.505. The van der Waals surface area contributed by atoms with Crippen molar-refractivity contribution in [2.75, 3.05) is 19.7 Å². The molecule has 0 unspecified atom stereocenters. The molecule has 0 saturated carbocycles. The van der Waals surface area contributed by atoms with Crippen molar-refractivity contribution in [1.29, 1.82) is 0 Å². The molecule has 2 aromatic heterocycles. The highest BCUT2D eigenvalue weighted by molar-refractivity contribution is 4.96. The lowest BCUT2D eigenvalue weighted by molar-refractivity contribution is -0.00935. The summed E-state index contributed by atoms with van der Waals surface area (Å²) >= 11 is 0. The molecule has 1 fully saturated rings. The highest BCUT2D eigenvalue weighted by Crippen LogP contribution is 2.19. The van der Waals surface area contributed by atoms with Gasteiger partial charge >= 0.3 is 0 Å². The van der Waals surface area contributed by atoms with Gasteiger partial charge in [0.05, 0.1) is 25.5 Å². The number of aliphatic hydroxyl groups is 1. The molecule has 2 aromatic rings. The molecule has 0 aliphatic carbocycles. The topological polar surface area (TPSA) is 76.6 Å². The van der Waals surface area contributed by atoms with Gasteiger partial charge in [0.2, 0.25) is 0 Å². The molecule has 0 radical (unpaired) electrons. The summed E-state index contributed by atoms with van der Waals surface area (Å²) in [6, 6.07) is 4.09. The van der Waals surface area contributed by atoms with Gasteiger partial charge in [-0.1, -0.05) is 6.42 Å². The number of aliphatic hydroxyl groups excluding tert-OH is 1. The molecule has 0 bridgehead atoms. The highest BCUT2D eigenvalue weighted by Gasteiger charge is 2.25. The van der Waals surface area contributed by atoms with Crippen LogP contribution in [0.3, 0.4) is 0 Å². The maximum absolute atomic E-state index is 10.3. The molecule has 0 spiro atoms. The maximum atomic E-state index is 10.3. The van der Waals surface area contributed by atoms with Crippen molar-refractivity contribution in [3.63, 3.8) is 0 Å². The summed E-state index contributed by atoms with van der Waals surface area (Å²) in [5.74, 6) is 2.54. The lowest BCUT2D eigenvalue weighted by Gasteiger charge is -2.36. The van der Waals surface area contributed by atoms with E-state index >= 15 is 0 Å². The van der Waals surface area contributed by atoms with Crippen LogP contribution >= 0.6 is 0 Å². The van der Waals surface area contributed by atoms with Gasteiger partial charge in [-0.2, -0.15) is 5.10 Å². The summed E-state index contributed by atoms with van der Waals surface area (Å²) in [5.41, 5.74) is 0. The summed E-state index contributed by atoms with van der Waals surface area (Å²) in [6.07, 6.45) is 4.64. The molecule has 0 aromatic carbocycles. The van der Waals surface area contributed by atoms with Crippen LogP contribution in [0.4, 0.5) is 0 Å². The lowest BCUT2D eigenvalue weighted by atomic mass is 10.0. The molecular formula is C18H28N4O3. The van der Waals surface area contributed by atoms with Crippen molar-refractivity contribution in [2.45, 2.75) is 58.4 Å². The molecule has 3 heterocycles. The van der Waals surface area contributed by atoms with E-state index < -0.39 is 6.10 Å². The number of ether oxygens (including phenoxy) is 1. The van der Waals surface area contributed by atoms with E-state index in [0.717, 1.165) is 36.9 Å². The van der Waals surface area contributed by atoms with Gasteiger partial charge in [-0.15, -0.1) is 0 Å². The number of piperidine rings is 1. The molecule has 2 atom stereocenters. The Labute approximate surface area is 148 Å². The van der Waals surface area contributed by atoms with Crippen LogP contribution in [-0.4, -0.2) is 56.6 Å². The van der Waals surface area contributed by atoms with Crippen LogP contribution in [0.2, 0.25) is 0 Å². The number of hydrogen-bond acceptors (Lipinski definition) is 6. The average Bonchev–Trinajstić information content (AvgIpc) is 3.19. The second kappa shape index (κ2) is 8.60. The maximum Gasteiger partial charge on any atom is 0.147 e. The summed E-state index contributed by atoms with van der Waals surface area (Å²) in [6.45, 7) is 7.07. The van der Waals surface area contributed by atoms with Gasteiger partial charge in [0.25, 0.3) is 0 Å². The molecule has 1 aliphatic heterocycles. The lowest BCUT2D eigenvalue weighted by Crippen LogP contribution is -2.46. The van der Waals surface area contributed by atoms with Gasteiger partial charge < -0.3 is 14.3 Å². The van der Waals surface area contributed by atoms with Crippen molar-refractivity contribution < 1.29 is 14.3 Å². The zero-order valence-corrected chi connectivity index (χ0v) is 15.1. The molecule has 7 nitrogen and oxygen atoms in total. The van der Waals surface area contributed by atoms with Gasteiger partial charge in [-0.25, -0.2) is 9.67 Å². The first-order chi connectivity index (χ1) is 12.1. The number of rotatable bonds is 8. The number of furan rings is 1. The van der Waals surface area contributed by atoms with Crippen molar-refractivity contribution >= 4 is 0 Å². The third-order valence-electron chi connectivity index (χ3n) is 4.68. The molecule has 7 heteroatoms. The van der Waals surface area contributed by atoms with Crippen molar-refractivity contribution in [1.82, 2.24) is 19.7 Å². The van der Waals surface area contributed by atoms with Crippen molar-refractivity contribution in [3.8, 4) is 0 Å². The van der Waals surface area contributed by atoms with E-state index in [1.807, 2.05) is 30.7 Å². The SMILES string of the molecule is Cc1nc(C)n(C[C@@H]2CCCCN2C[C@@H](O)COCc2ccco2)n1. The van der Waals surface area contributed by atoms with Crippen LogP contribution in [0.15, 0.2) is 22.8 Å². The van der Waals surface area contributed by atoms with Crippen LogP contribution in [0, 0.1) is 13.8 Å². The van der Waals surface area contributed by atoms with E-state index in [1.54, 1.807) is 6.26 Å². The van der Waals surface area contributed by atoms with Gasteiger partial charge in [0.15, 0.2) is 0 Å². The quantitative estimate of drug-likeness (QED) is 0.785. The number of β-amino-alcohol motifs (C(OH)–C–C–N with tert-alkyl or cyclic N) is 1. The van der Waals surface area contributed by atoms with Crippen LogP contribution in [0.25, 0.3) is 0 Å². The summed E-state index contributed by atoms with van der Waals surface area (Å²) in [4.78, 5) is 6.74. The van der Waals surface area contributed by atoms with Gasteiger partial charge in [0.1, 0.15) is 24.0 Å². The summed E-state index contributed by atoms with van der Waals surface area (Å²) in [5, 5.41) is 14.8. The van der Waals surface area contributed by atoms with Gasteiger partial charge in [-0.05, 0) is 45.4 Å². The summed E-state index contributed by atoms with van der Waals surface area (Å²) < 4.78 is 12.8. The highest BCUT2D eigenvalue weighted by atomic mass is 16.5. The molecule has 1 saturated heterocycles. The first-order valence-corrected chi connectivity index (χ1v) is 9.02.